The van der Waals surface area contributed by atoms with E-state index in [1.807, 2.05) is 18.7 Å². The van der Waals surface area contributed by atoms with Gasteiger partial charge >= 0.3 is 0 Å². The predicted octanol–water partition coefficient (Wildman–Crippen LogP) is 3.20. The summed E-state index contributed by atoms with van der Waals surface area (Å²) in [6, 6.07) is 0. The second-order valence-electron chi connectivity index (χ2n) is 5.67. The Labute approximate surface area is 116 Å². The zero-order valence-corrected chi connectivity index (χ0v) is 13.0. The van der Waals surface area contributed by atoms with E-state index in [-0.39, 0.29) is 0 Å². The number of nitrogens with one attached hydrogen (secondary N) is 1. The largest absolute Gasteiger partial charge is 0.316 e. The summed E-state index contributed by atoms with van der Waals surface area (Å²) < 4.78 is 1.91. The molecule has 1 aromatic heterocycles. The van der Waals surface area contributed by atoms with Gasteiger partial charge in [-0.1, -0.05) is 32.4 Å². The highest BCUT2D eigenvalue weighted by molar-refractivity contribution is 6.31. The molecule has 0 radical (unpaired) electrons. The molecule has 0 spiro atoms. The van der Waals surface area contributed by atoms with Gasteiger partial charge in [-0.2, -0.15) is 5.10 Å². The van der Waals surface area contributed by atoms with E-state index in [1.165, 1.54) is 6.42 Å². The molecule has 1 aromatic rings. The molecule has 1 unspecified atom stereocenters. The fourth-order valence-electron chi connectivity index (χ4n) is 2.07. The van der Waals surface area contributed by atoms with Crippen molar-refractivity contribution in [1.29, 1.82) is 0 Å². The predicted molar refractivity (Wildman–Crippen MR) is 78.1 cm³/mol. The molecule has 0 saturated heterocycles. The summed E-state index contributed by atoms with van der Waals surface area (Å²) in [6.07, 6.45) is 2.17. The van der Waals surface area contributed by atoms with E-state index in [2.05, 4.69) is 31.2 Å². The third-order valence-electron chi connectivity index (χ3n) is 3.17. The van der Waals surface area contributed by atoms with Crippen LogP contribution in [0, 0.1) is 18.8 Å². The van der Waals surface area contributed by atoms with Crippen LogP contribution in [0.2, 0.25) is 5.02 Å². The second kappa shape index (κ2) is 7.15. The van der Waals surface area contributed by atoms with Crippen molar-refractivity contribution in [3.63, 3.8) is 0 Å². The van der Waals surface area contributed by atoms with Crippen molar-refractivity contribution in [1.82, 2.24) is 15.1 Å². The number of hydrogen-bond donors (Lipinski definition) is 1. The summed E-state index contributed by atoms with van der Waals surface area (Å²) in [5.74, 6) is 1.34. The molecular formula is C14H26ClN3. The van der Waals surface area contributed by atoms with Crippen LogP contribution in [-0.4, -0.2) is 22.9 Å². The summed E-state index contributed by atoms with van der Waals surface area (Å²) in [6.45, 7) is 10.9. The van der Waals surface area contributed by atoms with E-state index in [0.29, 0.717) is 5.92 Å². The standard InChI is InChI=1S/C14H26ClN3/c1-10(2)9-16-7-6-11(3)8-13-14(15)12(4)17-18(13)5/h10-11,16H,6-9H2,1-5H3. The SMILES string of the molecule is Cc1nn(C)c(CC(C)CCNCC(C)C)c1Cl. The van der Waals surface area contributed by atoms with Crippen molar-refractivity contribution in [3.8, 4) is 0 Å². The molecule has 1 heterocycles. The minimum absolute atomic E-state index is 0.622. The van der Waals surface area contributed by atoms with Gasteiger partial charge < -0.3 is 5.32 Å². The van der Waals surface area contributed by atoms with Crippen LogP contribution < -0.4 is 5.32 Å². The van der Waals surface area contributed by atoms with Gasteiger partial charge in [0.25, 0.3) is 0 Å². The molecular weight excluding hydrogens is 246 g/mol. The summed E-state index contributed by atoms with van der Waals surface area (Å²) in [5, 5.41) is 8.67. The van der Waals surface area contributed by atoms with Crippen LogP contribution in [0.4, 0.5) is 0 Å². The molecule has 0 amide bonds. The van der Waals surface area contributed by atoms with Crippen molar-refractivity contribution in [3.05, 3.63) is 16.4 Å². The monoisotopic (exact) mass is 271 g/mol. The third kappa shape index (κ3) is 4.62. The molecule has 0 bridgehead atoms. The fraction of sp³-hybridized carbons (Fsp3) is 0.786. The Morgan fingerprint density at radius 2 is 2.00 bits per heavy atom. The molecule has 104 valence electrons. The molecule has 0 saturated carbocycles. The number of aryl methyl sites for hydroxylation is 2. The van der Waals surface area contributed by atoms with Crippen LogP contribution in [0.1, 0.15) is 38.6 Å². The molecule has 0 aliphatic carbocycles. The first-order valence-corrected chi connectivity index (χ1v) is 7.18. The Balaban J connectivity index is 2.38. The van der Waals surface area contributed by atoms with Gasteiger partial charge in [-0.05, 0) is 44.7 Å². The molecule has 18 heavy (non-hydrogen) atoms. The molecule has 4 heteroatoms. The van der Waals surface area contributed by atoms with Gasteiger partial charge in [-0.25, -0.2) is 0 Å². The Kier molecular flexibility index (Phi) is 6.16. The van der Waals surface area contributed by atoms with Gasteiger partial charge in [0, 0.05) is 7.05 Å². The van der Waals surface area contributed by atoms with E-state index >= 15 is 0 Å². The molecule has 0 fully saturated rings. The summed E-state index contributed by atoms with van der Waals surface area (Å²) in [7, 11) is 1.97. The number of halogens is 1. The lowest BCUT2D eigenvalue weighted by atomic mass is 10.0. The van der Waals surface area contributed by atoms with Crippen molar-refractivity contribution < 1.29 is 0 Å². The minimum atomic E-state index is 0.622. The van der Waals surface area contributed by atoms with Gasteiger partial charge in [0.05, 0.1) is 16.4 Å². The highest BCUT2D eigenvalue weighted by atomic mass is 35.5. The lowest BCUT2D eigenvalue weighted by Gasteiger charge is -2.13. The lowest BCUT2D eigenvalue weighted by Crippen LogP contribution is -2.22. The van der Waals surface area contributed by atoms with E-state index < -0.39 is 0 Å². The third-order valence-corrected chi connectivity index (χ3v) is 3.66. The number of hydrogen-bond acceptors (Lipinski definition) is 2. The van der Waals surface area contributed by atoms with Crippen LogP contribution in [0.5, 0.6) is 0 Å². The zero-order chi connectivity index (χ0) is 13.7. The van der Waals surface area contributed by atoms with Crippen LogP contribution in [0.3, 0.4) is 0 Å². The maximum absolute atomic E-state index is 6.26. The van der Waals surface area contributed by atoms with Crippen molar-refractivity contribution in [2.45, 2.75) is 40.5 Å². The Morgan fingerprint density at radius 1 is 1.33 bits per heavy atom. The van der Waals surface area contributed by atoms with Gasteiger partial charge in [-0.15, -0.1) is 0 Å². The minimum Gasteiger partial charge on any atom is -0.316 e. The van der Waals surface area contributed by atoms with Crippen molar-refractivity contribution >= 4 is 11.6 Å². The number of nitrogens with zero attached hydrogens (tertiary/aromatic N) is 2. The Hall–Kier alpha value is -0.540. The fourth-order valence-corrected chi connectivity index (χ4v) is 2.31. The molecule has 0 aliphatic rings. The van der Waals surface area contributed by atoms with E-state index in [4.69, 9.17) is 11.6 Å². The first kappa shape index (κ1) is 15.5. The molecule has 0 aromatic carbocycles. The molecule has 1 rings (SSSR count). The van der Waals surface area contributed by atoms with E-state index in [9.17, 15) is 0 Å². The average Bonchev–Trinajstić information content (AvgIpc) is 2.51. The summed E-state index contributed by atoms with van der Waals surface area (Å²) >= 11 is 6.26. The molecule has 1 atom stereocenters. The van der Waals surface area contributed by atoms with Crippen LogP contribution >= 0.6 is 11.6 Å². The van der Waals surface area contributed by atoms with Crippen LogP contribution in [0.15, 0.2) is 0 Å². The lowest BCUT2D eigenvalue weighted by molar-refractivity contribution is 0.465. The average molecular weight is 272 g/mol. The highest BCUT2D eigenvalue weighted by Gasteiger charge is 2.14. The second-order valence-corrected chi connectivity index (χ2v) is 6.04. The summed E-state index contributed by atoms with van der Waals surface area (Å²) in [5.41, 5.74) is 2.09. The van der Waals surface area contributed by atoms with Gasteiger partial charge in [0.2, 0.25) is 0 Å². The number of aromatic nitrogens is 2. The van der Waals surface area contributed by atoms with E-state index in [1.54, 1.807) is 0 Å². The van der Waals surface area contributed by atoms with Crippen molar-refractivity contribution in [2.75, 3.05) is 13.1 Å². The first-order chi connectivity index (χ1) is 8.41. The maximum Gasteiger partial charge on any atom is 0.0847 e. The number of rotatable bonds is 7. The highest BCUT2D eigenvalue weighted by Crippen LogP contribution is 2.23. The Bertz CT molecular complexity index is 371. The molecule has 3 nitrogen and oxygen atoms in total. The van der Waals surface area contributed by atoms with Gasteiger partial charge in [0.15, 0.2) is 0 Å². The quantitative estimate of drug-likeness (QED) is 0.772. The topological polar surface area (TPSA) is 29.9 Å². The first-order valence-electron chi connectivity index (χ1n) is 6.80. The smallest absolute Gasteiger partial charge is 0.0847 e. The van der Waals surface area contributed by atoms with E-state index in [0.717, 1.165) is 41.8 Å². The maximum atomic E-state index is 6.26. The Morgan fingerprint density at radius 3 is 2.50 bits per heavy atom. The normalized spacial score (nSPS) is 13.3. The van der Waals surface area contributed by atoms with Crippen LogP contribution in [0.25, 0.3) is 0 Å². The van der Waals surface area contributed by atoms with Gasteiger partial charge in [0.1, 0.15) is 0 Å². The molecule has 0 aliphatic heterocycles. The summed E-state index contributed by atoms with van der Waals surface area (Å²) in [4.78, 5) is 0. The van der Waals surface area contributed by atoms with Gasteiger partial charge in [-0.3, -0.25) is 4.68 Å². The van der Waals surface area contributed by atoms with Crippen molar-refractivity contribution in [2.24, 2.45) is 18.9 Å². The zero-order valence-electron chi connectivity index (χ0n) is 12.3. The molecule has 1 N–H and O–H groups in total. The van der Waals surface area contributed by atoms with Crippen LogP contribution in [-0.2, 0) is 13.5 Å².